The second kappa shape index (κ2) is 26.1. The quantitative estimate of drug-likeness (QED) is 0.110. The fourth-order valence-electron chi connectivity index (χ4n) is 10.5. The van der Waals surface area contributed by atoms with Gasteiger partial charge in [-0.2, -0.15) is 0 Å². The molecule has 0 aromatic heterocycles. The van der Waals surface area contributed by atoms with E-state index in [1.807, 2.05) is 58.1 Å². The maximum Gasteiger partial charge on any atom is 0.341 e. The molecule has 1 aliphatic carbocycles. The van der Waals surface area contributed by atoms with Gasteiger partial charge in [-0.1, -0.05) is 75.6 Å². The molecule has 0 spiro atoms. The second-order valence-electron chi connectivity index (χ2n) is 20.1. The summed E-state index contributed by atoms with van der Waals surface area (Å²) in [5.74, 6) is -7.95. The van der Waals surface area contributed by atoms with Gasteiger partial charge in [0.05, 0.1) is 12.2 Å². The number of Topliss-reactive ketones (excluding diaryl/α,β-unsaturated/α-hetero) is 3. The lowest BCUT2D eigenvalue weighted by Gasteiger charge is -2.42. The molecule has 0 aromatic rings. The molecule has 14 nitrogen and oxygen atoms in total. The lowest BCUT2D eigenvalue weighted by atomic mass is 9.79. The number of ketones is 3. The molecule has 4 rings (SSSR count). The third-order valence-corrected chi connectivity index (χ3v) is 16.5. The van der Waals surface area contributed by atoms with E-state index in [4.69, 9.17) is 23.7 Å². The van der Waals surface area contributed by atoms with E-state index in [1.165, 1.54) is 12.0 Å². The van der Waals surface area contributed by atoms with Crippen LogP contribution >= 0.6 is 7.80 Å². The first-order chi connectivity index (χ1) is 31.7. The van der Waals surface area contributed by atoms with E-state index in [2.05, 4.69) is 0 Å². The molecule has 2 bridgehead atoms. The normalized spacial score (nSPS) is 39.8. The highest BCUT2D eigenvalue weighted by atomic mass is 31.1. The number of nitrogens with zero attached hydrogens (tertiary/aromatic N) is 1. The van der Waals surface area contributed by atoms with Crippen LogP contribution in [-0.2, 0) is 52.2 Å². The standard InChI is InChI=1S/C52H81NO13P/c1-31-17-13-12-14-18-32(2)42(62-8)29-39-22-20-37(7)52(60,66-39)49(57)50(58)53-24-16-15-19-40(53)51(59)65-43(34(4)27-38-21-23-45(67(11)61)44(28-38)63-9)30-41(54)33(3)26-36(6)47(56)48(64-10)46(55)35(5)25-31/h12-14,17-18,26,31,33-35,37-40,42-45,47-48,56,60H,15-16,19-25,27-30H2,1-11H3/q+1/b14-12+,17-13+,32-18+,36-26+/t31-,33-,34-,35-,37-,38+,39+,40+,42+,43+,44-,45?,47-,48+,52-/m1/s1. The average Bonchev–Trinajstić information content (AvgIpc) is 3.30. The van der Waals surface area contributed by atoms with E-state index in [1.54, 1.807) is 47.7 Å². The van der Waals surface area contributed by atoms with Crippen LogP contribution in [0, 0.1) is 35.5 Å². The highest BCUT2D eigenvalue weighted by molar-refractivity contribution is 7.44. The monoisotopic (exact) mass is 959 g/mol. The first kappa shape index (κ1) is 56.4. The van der Waals surface area contributed by atoms with Crippen LogP contribution in [-0.4, -0.2) is 133 Å². The van der Waals surface area contributed by atoms with E-state index in [9.17, 15) is 38.8 Å². The van der Waals surface area contributed by atoms with Gasteiger partial charge < -0.3 is 38.8 Å². The molecule has 376 valence electrons. The molecule has 2 N–H and O–H groups in total. The number of hydrogen-bond donors (Lipinski definition) is 2. The number of hydrogen-bond acceptors (Lipinski definition) is 13. The number of fused-ring (bicyclic) bond motifs is 3. The van der Waals surface area contributed by atoms with Crippen LogP contribution in [0.1, 0.15) is 126 Å². The zero-order valence-corrected chi connectivity index (χ0v) is 42.9. The molecule has 16 atom stereocenters. The molecule has 15 heteroatoms. The minimum atomic E-state index is -2.43. The van der Waals surface area contributed by atoms with Crippen LogP contribution in [0.5, 0.6) is 0 Å². The Morgan fingerprint density at radius 3 is 2.25 bits per heavy atom. The Morgan fingerprint density at radius 1 is 0.881 bits per heavy atom. The molecule has 1 saturated carbocycles. The Kier molecular flexibility index (Phi) is 22.0. The minimum Gasteiger partial charge on any atom is -0.460 e. The van der Waals surface area contributed by atoms with Crippen molar-refractivity contribution in [2.75, 3.05) is 34.5 Å². The predicted molar refractivity (Wildman–Crippen MR) is 256 cm³/mol. The summed E-state index contributed by atoms with van der Waals surface area (Å²) in [7, 11) is 3.13. The number of methoxy groups -OCH3 is 3. The zero-order chi connectivity index (χ0) is 49.7. The Hall–Kier alpha value is -3.23. The highest BCUT2D eigenvalue weighted by Gasteiger charge is 2.53. The summed E-state index contributed by atoms with van der Waals surface area (Å²) >= 11 is 0. The average molecular weight is 959 g/mol. The summed E-state index contributed by atoms with van der Waals surface area (Å²) in [6.07, 6.45) is 12.2. The first-order valence-corrected chi connectivity index (χ1v) is 26.3. The molecule has 0 radical (unpaired) electrons. The largest absolute Gasteiger partial charge is 0.460 e. The smallest absolute Gasteiger partial charge is 0.341 e. The second-order valence-corrected chi connectivity index (χ2v) is 21.9. The Morgan fingerprint density at radius 2 is 1.60 bits per heavy atom. The number of aliphatic hydroxyl groups is 2. The van der Waals surface area contributed by atoms with Gasteiger partial charge in [-0.25, -0.2) is 4.79 Å². The van der Waals surface area contributed by atoms with Gasteiger partial charge in [-0.15, -0.1) is 0 Å². The maximum absolute atomic E-state index is 14.4. The topological polar surface area (TPSA) is 192 Å². The van der Waals surface area contributed by atoms with E-state index in [0.29, 0.717) is 56.9 Å². The fourth-order valence-corrected chi connectivity index (χ4v) is 11.8. The summed E-state index contributed by atoms with van der Waals surface area (Å²) in [5, 5.41) is 23.4. The Labute approximate surface area is 400 Å². The van der Waals surface area contributed by atoms with Crippen molar-refractivity contribution in [3.63, 3.8) is 0 Å². The maximum atomic E-state index is 14.4. The molecule has 4 aliphatic rings. The van der Waals surface area contributed by atoms with Crippen LogP contribution in [0.15, 0.2) is 47.6 Å². The van der Waals surface area contributed by atoms with Crippen molar-refractivity contribution in [2.45, 2.75) is 180 Å². The molecule has 0 aromatic carbocycles. The lowest BCUT2D eigenvalue weighted by molar-refractivity contribution is -0.265. The molecular formula is C52H81NO13P+. The Bertz CT molecular complexity index is 1860. The van der Waals surface area contributed by atoms with Crippen molar-refractivity contribution < 1.29 is 62.4 Å². The van der Waals surface area contributed by atoms with Gasteiger partial charge in [0, 0.05) is 58.5 Å². The van der Waals surface area contributed by atoms with Crippen molar-refractivity contribution >= 4 is 37.0 Å². The molecule has 3 fully saturated rings. The van der Waals surface area contributed by atoms with Gasteiger partial charge in [0.15, 0.2) is 11.4 Å². The number of carbonyl (C=O) groups excluding carboxylic acids is 5. The van der Waals surface area contributed by atoms with Crippen LogP contribution in [0.3, 0.4) is 0 Å². The van der Waals surface area contributed by atoms with Crippen LogP contribution in [0.4, 0.5) is 0 Å². The van der Waals surface area contributed by atoms with E-state index in [-0.39, 0.29) is 60.5 Å². The van der Waals surface area contributed by atoms with E-state index in [0.717, 1.165) is 18.4 Å². The third kappa shape index (κ3) is 14.9. The molecule has 2 unspecified atom stereocenters. The third-order valence-electron chi connectivity index (χ3n) is 14.9. The minimum absolute atomic E-state index is 0.0171. The number of cyclic esters (lactones) is 1. The summed E-state index contributed by atoms with van der Waals surface area (Å²) in [6, 6.07) is -1.14. The predicted octanol–water partition coefficient (Wildman–Crippen LogP) is 7.65. The SMILES string of the molecule is CO[C@H]1C[C@@H]2CC[C@@H](C)[C@@](O)(O2)C(=O)C(=O)N2CCCC[C@H]2C(=O)O[C@H]([C@H](C)C[C@@H]2CCC([P+](C)=O)[C@H](OC)C2)CC(=O)[C@H](C)/C=C(\C)[C@@H](O)[C@@H](OC)C(=O)[C@H](C)C[C@H](C)/C=C/C=C/C=C/1C. The molecule has 1 amide bonds. The van der Waals surface area contributed by atoms with Crippen molar-refractivity contribution in [1.82, 2.24) is 4.90 Å². The molecule has 2 saturated heterocycles. The fraction of sp³-hybridized carbons (Fsp3) is 0.750. The van der Waals surface area contributed by atoms with Crippen molar-refractivity contribution in [3.8, 4) is 0 Å². The van der Waals surface area contributed by atoms with Gasteiger partial charge in [-0.05, 0) is 107 Å². The summed E-state index contributed by atoms with van der Waals surface area (Å²) in [6.45, 7) is 14.5. The number of esters is 1. The van der Waals surface area contributed by atoms with Crippen molar-refractivity contribution in [1.29, 1.82) is 0 Å². The molecule has 67 heavy (non-hydrogen) atoms. The van der Waals surface area contributed by atoms with Gasteiger partial charge in [0.25, 0.3) is 11.7 Å². The van der Waals surface area contributed by atoms with Gasteiger partial charge in [0.1, 0.15) is 42.9 Å². The first-order valence-electron chi connectivity index (χ1n) is 24.6. The van der Waals surface area contributed by atoms with Gasteiger partial charge >= 0.3 is 13.8 Å². The number of piperidine rings is 1. The number of amides is 1. The number of ether oxygens (including phenoxy) is 5. The number of rotatable bonds is 7. The summed E-state index contributed by atoms with van der Waals surface area (Å²) < 4.78 is 42.2. The van der Waals surface area contributed by atoms with Crippen molar-refractivity contribution in [2.24, 2.45) is 35.5 Å². The van der Waals surface area contributed by atoms with Crippen molar-refractivity contribution in [3.05, 3.63) is 47.6 Å². The lowest BCUT2D eigenvalue weighted by Crippen LogP contribution is -2.61. The van der Waals surface area contributed by atoms with E-state index >= 15 is 0 Å². The number of aliphatic hydroxyl groups excluding tert-OH is 1. The van der Waals surface area contributed by atoms with E-state index < -0.39 is 85.6 Å². The Balaban J connectivity index is 1.71. The van der Waals surface area contributed by atoms with Crippen LogP contribution in [0.2, 0.25) is 0 Å². The van der Waals surface area contributed by atoms with Crippen LogP contribution < -0.4 is 0 Å². The number of allylic oxidation sites excluding steroid dienone is 6. The molecule has 3 heterocycles. The molecule has 3 aliphatic heterocycles. The summed E-state index contributed by atoms with van der Waals surface area (Å²) in [5.41, 5.74) is 1.21. The van der Waals surface area contributed by atoms with Gasteiger partial charge in [0.2, 0.25) is 5.79 Å². The zero-order valence-electron chi connectivity index (χ0n) is 42.0. The number of carbonyl (C=O) groups is 5. The van der Waals surface area contributed by atoms with Crippen LogP contribution in [0.25, 0.3) is 0 Å². The molecular weight excluding hydrogens is 878 g/mol. The van der Waals surface area contributed by atoms with Gasteiger partial charge in [-0.3, -0.25) is 19.2 Å². The summed E-state index contributed by atoms with van der Waals surface area (Å²) in [4.78, 5) is 72.0. The highest BCUT2D eigenvalue weighted by Crippen LogP contribution is 2.42.